The second-order valence-corrected chi connectivity index (χ2v) is 6.03. The maximum atomic E-state index is 12.3. The molecule has 94 valence electrons. The van der Waals surface area contributed by atoms with Crippen molar-refractivity contribution in [2.75, 3.05) is 6.54 Å². The summed E-state index contributed by atoms with van der Waals surface area (Å²) in [7, 11) is -3.63. The van der Waals surface area contributed by atoms with Gasteiger partial charge >= 0.3 is 0 Å². The van der Waals surface area contributed by atoms with Gasteiger partial charge in [0.25, 0.3) is 0 Å². The van der Waals surface area contributed by atoms with Gasteiger partial charge in [-0.2, -0.15) is 4.31 Å². The summed E-state index contributed by atoms with van der Waals surface area (Å²) in [4.78, 5) is 3.82. The molecule has 0 radical (unpaired) electrons. The van der Waals surface area contributed by atoms with Gasteiger partial charge < -0.3 is 0 Å². The smallest absolute Gasteiger partial charge is 0.246 e. The van der Waals surface area contributed by atoms with Crippen molar-refractivity contribution in [3.05, 3.63) is 36.1 Å². The molecule has 0 N–H and O–H groups in total. The number of sulfonamides is 1. The molecule has 1 heterocycles. The van der Waals surface area contributed by atoms with Crippen LogP contribution in [-0.2, 0) is 10.0 Å². The van der Waals surface area contributed by atoms with Gasteiger partial charge in [0.15, 0.2) is 0 Å². The molecule has 0 aromatic carbocycles. The number of nitrogens with zero attached hydrogens (tertiary/aromatic N) is 2. The van der Waals surface area contributed by atoms with Crippen molar-refractivity contribution in [3.8, 4) is 0 Å². The average Bonchev–Trinajstić information content (AvgIpc) is 2.25. The van der Waals surface area contributed by atoms with Gasteiger partial charge in [0, 0.05) is 25.0 Å². The van der Waals surface area contributed by atoms with Crippen molar-refractivity contribution in [1.29, 1.82) is 0 Å². The van der Waals surface area contributed by atoms with Crippen molar-refractivity contribution in [3.63, 3.8) is 0 Å². The molecule has 17 heavy (non-hydrogen) atoms. The number of hydrogen-bond acceptors (Lipinski definition) is 3. The lowest BCUT2D eigenvalue weighted by molar-refractivity contribution is 0.382. The van der Waals surface area contributed by atoms with E-state index < -0.39 is 10.0 Å². The van der Waals surface area contributed by atoms with E-state index in [-0.39, 0.29) is 22.5 Å². The van der Waals surface area contributed by atoms with Gasteiger partial charge in [0.2, 0.25) is 10.0 Å². The molecule has 0 spiro atoms. The molecule has 0 amide bonds. The Kier molecular flexibility index (Phi) is 4.68. The van der Waals surface area contributed by atoms with Gasteiger partial charge in [-0.15, -0.1) is 6.58 Å². The van der Waals surface area contributed by atoms with E-state index >= 15 is 0 Å². The molecule has 0 unspecified atom stereocenters. The summed E-state index contributed by atoms with van der Waals surface area (Å²) in [6, 6.07) is 1.29. The van der Waals surface area contributed by atoms with Crippen LogP contribution in [0.5, 0.6) is 0 Å². The topological polar surface area (TPSA) is 50.3 Å². The predicted molar refractivity (Wildman–Crippen MR) is 68.5 cm³/mol. The Balaban J connectivity index is 3.26. The average molecular weight is 275 g/mol. The summed E-state index contributed by atoms with van der Waals surface area (Å²) in [5, 5.41) is 0.176. The Hall–Kier alpha value is -0.910. The Bertz CT molecular complexity index is 500. The summed E-state index contributed by atoms with van der Waals surface area (Å²) >= 11 is 5.89. The molecule has 0 atom stereocenters. The van der Waals surface area contributed by atoms with Crippen LogP contribution in [0, 0.1) is 0 Å². The highest BCUT2D eigenvalue weighted by Gasteiger charge is 2.28. The van der Waals surface area contributed by atoms with Crippen molar-refractivity contribution in [2.45, 2.75) is 24.8 Å². The number of rotatable bonds is 5. The molecule has 0 bridgehead atoms. The zero-order valence-electron chi connectivity index (χ0n) is 9.80. The first kappa shape index (κ1) is 14.2. The second kappa shape index (κ2) is 5.62. The number of hydrogen-bond donors (Lipinski definition) is 0. The van der Waals surface area contributed by atoms with Gasteiger partial charge in [0.05, 0.1) is 5.02 Å². The van der Waals surface area contributed by atoms with Gasteiger partial charge in [-0.1, -0.05) is 17.7 Å². The highest BCUT2D eigenvalue weighted by molar-refractivity contribution is 7.89. The zero-order valence-corrected chi connectivity index (χ0v) is 11.4. The molecule has 0 saturated carbocycles. The van der Waals surface area contributed by atoms with Gasteiger partial charge in [-0.3, -0.25) is 4.98 Å². The zero-order chi connectivity index (χ0) is 13.1. The largest absolute Gasteiger partial charge is 0.263 e. The standard InChI is InChI=1S/C11H15ClN2O2S/c1-4-7-14(9(2)3)17(15,16)11-8-13-6-5-10(11)12/h4-6,8-9H,1,7H2,2-3H3. The second-order valence-electron chi connectivity index (χ2n) is 3.76. The summed E-state index contributed by atoms with van der Waals surface area (Å²) in [5.41, 5.74) is 0. The third kappa shape index (κ3) is 3.06. The molecule has 1 aromatic rings. The molecular weight excluding hydrogens is 260 g/mol. The Morgan fingerprint density at radius 2 is 2.24 bits per heavy atom. The van der Waals surface area contributed by atoms with Crippen molar-refractivity contribution in [2.24, 2.45) is 0 Å². The van der Waals surface area contributed by atoms with Crippen LogP contribution in [0.1, 0.15) is 13.8 Å². The molecule has 0 aliphatic carbocycles. The summed E-state index contributed by atoms with van der Waals surface area (Å²) in [6.07, 6.45) is 4.26. The highest BCUT2D eigenvalue weighted by Crippen LogP contribution is 2.24. The van der Waals surface area contributed by atoms with Crippen LogP contribution in [0.4, 0.5) is 0 Å². The van der Waals surface area contributed by atoms with E-state index in [1.807, 2.05) is 0 Å². The quantitative estimate of drug-likeness (QED) is 0.774. The Morgan fingerprint density at radius 3 is 2.71 bits per heavy atom. The number of halogens is 1. The van der Waals surface area contributed by atoms with E-state index in [1.165, 1.54) is 22.8 Å². The SMILES string of the molecule is C=CCN(C(C)C)S(=O)(=O)c1cnccc1Cl. The van der Waals surface area contributed by atoms with E-state index in [9.17, 15) is 8.42 Å². The fourth-order valence-electron chi connectivity index (χ4n) is 1.39. The highest BCUT2D eigenvalue weighted by atomic mass is 35.5. The first-order valence-corrected chi connectivity index (χ1v) is 6.95. The van der Waals surface area contributed by atoms with E-state index in [4.69, 9.17) is 11.6 Å². The maximum Gasteiger partial charge on any atom is 0.246 e. The first-order valence-electron chi connectivity index (χ1n) is 5.13. The lowest BCUT2D eigenvalue weighted by Gasteiger charge is -2.24. The van der Waals surface area contributed by atoms with Crippen molar-refractivity contribution in [1.82, 2.24) is 9.29 Å². The summed E-state index contributed by atoms with van der Waals surface area (Å²) in [6.45, 7) is 7.39. The lowest BCUT2D eigenvalue weighted by Crippen LogP contribution is -2.37. The number of pyridine rings is 1. The van der Waals surface area contributed by atoms with Crippen molar-refractivity contribution >= 4 is 21.6 Å². The molecule has 1 rings (SSSR count). The van der Waals surface area contributed by atoms with E-state index in [0.717, 1.165) is 0 Å². The molecule has 0 fully saturated rings. The van der Waals surface area contributed by atoms with Gasteiger partial charge in [-0.05, 0) is 19.9 Å². The predicted octanol–water partition coefficient (Wildman–Crippen LogP) is 2.32. The molecular formula is C11H15ClN2O2S. The van der Waals surface area contributed by atoms with Crippen LogP contribution in [0.3, 0.4) is 0 Å². The fraction of sp³-hybridized carbons (Fsp3) is 0.364. The third-order valence-electron chi connectivity index (χ3n) is 2.21. The summed E-state index contributed by atoms with van der Waals surface area (Å²) in [5.74, 6) is 0. The third-order valence-corrected chi connectivity index (χ3v) is 4.72. The van der Waals surface area contributed by atoms with Crippen molar-refractivity contribution < 1.29 is 8.42 Å². The van der Waals surface area contributed by atoms with Crippen LogP contribution in [0.25, 0.3) is 0 Å². The van der Waals surface area contributed by atoms with Crippen LogP contribution >= 0.6 is 11.6 Å². The number of aromatic nitrogens is 1. The van der Waals surface area contributed by atoms with Crippen LogP contribution in [-0.4, -0.2) is 30.3 Å². The van der Waals surface area contributed by atoms with Crippen LogP contribution in [0.2, 0.25) is 5.02 Å². The normalized spacial score (nSPS) is 12.1. The first-order chi connectivity index (χ1) is 7.91. The van der Waals surface area contributed by atoms with Gasteiger partial charge in [0.1, 0.15) is 4.90 Å². The summed E-state index contributed by atoms with van der Waals surface area (Å²) < 4.78 is 26.0. The molecule has 0 aliphatic heterocycles. The molecule has 4 nitrogen and oxygen atoms in total. The van der Waals surface area contributed by atoms with Gasteiger partial charge in [-0.25, -0.2) is 8.42 Å². The van der Waals surface area contributed by atoms with Crippen LogP contribution < -0.4 is 0 Å². The monoisotopic (exact) mass is 274 g/mol. The minimum absolute atomic E-state index is 0.0252. The Morgan fingerprint density at radius 1 is 1.59 bits per heavy atom. The van der Waals surface area contributed by atoms with E-state index in [0.29, 0.717) is 0 Å². The molecule has 1 aromatic heterocycles. The van der Waals surface area contributed by atoms with Crippen LogP contribution in [0.15, 0.2) is 36.0 Å². The minimum Gasteiger partial charge on any atom is -0.263 e. The Labute approximate surface area is 107 Å². The fourth-order valence-corrected chi connectivity index (χ4v) is 3.41. The maximum absolute atomic E-state index is 12.3. The van der Waals surface area contributed by atoms with E-state index in [2.05, 4.69) is 11.6 Å². The molecule has 0 saturated heterocycles. The minimum atomic E-state index is -3.63. The molecule has 6 heteroatoms. The van der Waals surface area contributed by atoms with E-state index in [1.54, 1.807) is 19.9 Å². The lowest BCUT2D eigenvalue weighted by atomic mass is 10.4. The molecule has 0 aliphatic rings.